The Labute approximate surface area is 168 Å². The van der Waals surface area contributed by atoms with Crippen LogP contribution in [0, 0.1) is 27.7 Å². The minimum absolute atomic E-state index is 0.0659. The molecule has 0 radical (unpaired) electrons. The van der Waals surface area contributed by atoms with E-state index in [0.717, 1.165) is 11.6 Å². The molecule has 1 amide bonds. The minimum atomic E-state index is -0.257. The molecule has 3 rings (SSSR count). The summed E-state index contributed by atoms with van der Waals surface area (Å²) in [6, 6.07) is 1.82. The number of carbonyl (C=O) groups excluding carboxylic acids is 1. The lowest BCUT2D eigenvalue weighted by Gasteiger charge is -2.11. The van der Waals surface area contributed by atoms with Gasteiger partial charge in [-0.15, -0.1) is 0 Å². The fourth-order valence-corrected chi connectivity index (χ4v) is 2.78. The van der Waals surface area contributed by atoms with Gasteiger partial charge in [-0.05, 0) is 27.7 Å². The summed E-state index contributed by atoms with van der Waals surface area (Å²) in [5, 5.41) is 5.96. The first kappa shape index (κ1) is 20.2. The molecule has 0 aliphatic rings. The quantitative estimate of drug-likeness (QED) is 0.564. The predicted molar refractivity (Wildman–Crippen MR) is 108 cm³/mol. The van der Waals surface area contributed by atoms with Crippen molar-refractivity contribution in [3.8, 4) is 5.82 Å². The minimum Gasteiger partial charge on any atom is -0.368 e. The molecule has 0 aliphatic carbocycles. The number of imidazole rings is 1. The van der Waals surface area contributed by atoms with Gasteiger partial charge < -0.3 is 10.6 Å². The molecule has 10 nitrogen and oxygen atoms in total. The number of hydrogen-bond donors (Lipinski definition) is 2. The molecule has 0 aliphatic heterocycles. The van der Waals surface area contributed by atoms with E-state index in [2.05, 4.69) is 30.6 Å². The lowest BCUT2D eigenvalue weighted by molar-refractivity contribution is -0.121. The van der Waals surface area contributed by atoms with Crippen molar-refractivity contribution in [1.29, 1.82) is 0 Å². The number of carbonyl (C=O) groups is 1. The van der Waals surface area contributed by atoms with E-state index in [9.17, 15) is 9.59 Å². The van der Waals surface area contributed by atoms with E-state index < -0.39 is 0 Å². The van der Waals surface area contributed by atoms with Gasteiger partial charge in [0.15, 0.2) is 0 Å². The molecule has 152 valence electrons. The van der Waals surface area contributed by atoms with Gasteiger partial charge in [-0.3, -0.25) is 18.7 Å². The van der Waals surface area contributed by atoms with Crippen LogP contribution in [-0.4, -0.2) is 48.1 Å². The number of amides is 1. The Balaban J connectivity index is 1.54. The van der Waals surface area contributed by atoms with Crippen LogP contribution in [0.4, 0.5) is 5.82 Å². The fourth-order valence-electron chi connectivity index (χ4n) is 2.78. The number of rotatable bonds is 7. The van der Waals surface area contributed by atoms with E-state index in [-0.39, 0.29) is 18.0 Å². The van der Waals surface area contributed by atoms with E-state index >= 15 is 0 Å². The van der Waals surface area contributed by atoms with E-state index in [1.165, 1.54) is 10.9 Å². The first-order valence-corrected chi connectivity index (χ1v) is 9.24. The van der Waals surface area contributed by atoms with Crippen molar-refractivity contribution in [3.05, 3.63) is 58.0 Å². The second-order valence-electron chi connectivity index (χ2n) is 6.67. The molecule has 0 aromatic carbocycles. The molecule has 3 aromatic rings. The first-order chi connectivity index (χ1) is 13.8. The largest absolute Gasteiger partial charge is 0.368 e. The van der Waals surface area contributed by atoms with Crippen LogP contribution in [-0.2, 0) is 11.3 Å². The lowest BCUT2D eigenvalue weighted by atomic mass is 10.3. The van der Waals surface area contributed by atoms with Crippen LogP contribution in [0.15, 0.2) is 29.6 Å². The normalized spacial score (nSPS) is 10.8. The number of anilines is 1. The van der Waals surface area contributed by atoms with E-state index in [1.54, 1.807) is 20.0 Å². The topological polar surface area (TPSA) is 120 Å². The van der Waals surface area contributed by atoms with Crippen molar-refractivity contribution in [2.45, 2.75) is 34.2 Å². The zero-order chi connectivity index (χ0) is 21.0. The van der Waals surface area contributed by atoms with Crippen LogP contribution in [0.3, 0.4) is 0 Å². The average Bonchev–Trinajstić information content (AvgIpc) is 3.11. The molecule has 0 unspecified atom stereocenters. The van der Waals surface area contributed by atoms with Gasteiger partial charge in [-0.1, -0.05) is 0 Å². The zero-order valence-corrected chi connectivity index (χ0v) is 16.9. The predicted octanol–water partition coefficient (Wildman–Crippen LogP) is 0.681. The van der Waals surface area contributed by atoms with E-state index in [1.807, 2.05) is 30.7 Å². The molecule has 29 heavy (non-hydrogen) atoms. The third-order valence-corrected chi connectivity index (χ3v) is 4.48. The van der Waals surface area contributed by atoms with Gasteiger partial charge in [-0.25, -0.2) is 19.9 Å². The van der Waals surface area contributed by atoms with Crippen LogP contribution in [0.2, 0.25) is 0 Å². The maximum absolute atomic E-state index is 12.1. The summed E-state index contributed by atoms with van der Waals surface area (Å²) in [5.41, 5.74) is 1.01. The summed E-state index contributed by atoms with van der Waals surface area (Å²) in [7, 11) is 0. The maximum atomic E-state index is 12.1. The molecular weight excluding hydrogens is 372 g/mol. The van der Waals surface area contributed by atoms with E-state index in [4.69, 9.17) is 0 Å². The van der Waals surface area contributed by atoms with Crippen molar-refractivity contribution in [3.63, 3.8) is 0 Å². The molecule has 0 atom stereocenters. The highest BCUT2D eigenvalue weighted by atomic mass is 16.2. The standard InChI is InChI=1S/C19H24N8O2/c1-12-13(2)23-11-26(19(12)29)10-18(28)22-6-5-21-16-9-17(25-14(3)24-16)27-8-7-20-15(27)4/h7-9,11H,5-6,10H2,1-4H3,(H,22,28)(H,21,24,25). The highest BCUT2D eigenvalue weighted by molar-refractivity contribution is 5.75. The van der Waals surface area contributed by atoms with Gasteiger partial charge in [0.05, 0.1) is 6.33 Å². The van der Waals surface area contributed by atoms with Crippen LogP contribution in [0.25, 0.3) is 5.82 Å². The molecule has 0 fully saturated rings. The average molecular weight is 396 g/mol. The van der Waals surface area contributed by atoms with Crippen LogP contribution in [0.5, 0.6) is 0 Å². The van der Waals surface area contributed by atoms with Crippen molar-refractivity contribution in [1.82, 2.24) is 34.4 Å². The Morgan fingerprint density at radius 1 is 1.10 bits per heavy atom. The summed E-state index contributed by atoms with van der Waals surface area (Å²) < 4.78 is 3.18. The van der Waals surface area contributed by atoms with Gasteiger partial charge in [-0.2, -0.15) is 0 Å². The summed E-state index contributed by atoms with van der Waals surface area (Å²) in [4.78, 5) is 41.4. The fraction of sp³-hybridized carbons (Fsp3) is 0.368. The number of aromatic nitrogens is 6. The highest BCUT2D eigenvalue weighted by Gasteiger charge is 2.09. The van der Waals surface area contributed by atoms with Crippen molar-refractivity contribution < 1.29 is 4.79 Å². The number of hydrogen-bond acceptors (Lipinski definition) is 7. The van der Waals surface area contributed by atoms with E-state index in [0.29, 0.717) is 36.0 Å². The Morgan fingerprint density at radius 2 is 1.90 bits per heavy atom. The monoisotopic (exact) mass is 396 g/mol. The zero-order valence-electron chi connectivity index (χ0n) is 16.9. The number of nitrogens with one attached hydrogen (secondary N) is 2. The Kier molecular flexibility index (Phi) is 6.01. The lowest BCUT2D eigenvalue weighted by Crippen LogP contribution is -2.35. The Hall–Kier alpha value is -3.56. The summed E-state index contributed by atoms with van der Waals surface area (Å²) in [6.45, 7) is 7.98. The summed E-state index contributed by atoms with van der Waals surface area (Å²) in [6.07, 6.45) is 4.95. The van der Waals surface area contributed by atoms with Gasteiger partial charge in [0.1, 0.15) is 29.8 Å². The maximum Gasteiger partial charge on any atom is 0.256 e. The smallest absolute Gasteiger partial charge is 0.256 e. The molecule has 0 saturated carbocycles. The molecule has 0 saturated heterocycles. The molecule has 3 heterocycles. The second-order valence-corrected chi connectivity index (χ2v) is 6.67. The van der Waals surface area contributed by atoms with Crippen LogP contribution < -0.4 is 16.2 Å². The van der Waals surface area contributed by atoms with Gasteiger partial charge in [0.25, 0.3) is 5.56 Å². The summed E-state index contributed by atoms with van der Waals surface area (Å²) >= 11 is 0. The van der Waals surface area contributed by atoms with Crippen LogP contribution >= 0.6 is 0 Å². The summed E-state index contributed by atoms with van der Waals surface area (Å²) in [5.74, 6) is 2.58. The molecule has 2 N–H and O–H groups in total. The second kappa shape index (κ2) is 8.63. The third-order valence-electron chi connectivity index (χ3n) is 4.48. The third kappa shape index (κ3) is 4.84. The van der Waals surface area contributed by atoms with Crippen molar-refractivity contribution >= 4 is 11.7 Å². The van der Waals surface area contributed by atoms with Crippen molar-refractivity contribution in [2.24, 2.45) is 0 Å². The molecular formula is C19H24N8O2. The van der Waals surface area contributed by atoms with Crippen LogP contribution in [0.1, 0.15) is 22.9 Å². The van der Waals surface area contributed by atoms with Gasteiger partial charge in [0.2, 0.25) is 5.91 Å². The number of aryl methyl sites for hydroxylation is 3. The SMILES string of the molecule is Cc1nc(NCCNC(=O)Cn2cnc(C)c(C)c2=O)cc(-n2ccnc2C)n1. The Morgan fingerprint density at radius 3 is 2.62 bits per heavy atom. The van der Waals surface area contributed by atoms with Crippen molar-refractivity contribution in [2.75, 3.05) is 18.4 Å². The first-order valence-electron chi connectivity index (χ1n) is 9.24. The molecule has 0 bridgehead atoms. The number of nitrogens with zero attached hydrogens (tertiary/aromatic N) is 6. The molecule has 10 heteroatoms. The van der Waals surface area contributed by atoms with Gasteiger partial charge in [0, 0.05) is 42.8 Å². The van der Waals surface area contributed by atoms with Gasteiger partial charge >= 0.3 is 0 Å². The highest BCUT2D eigenvalue weighted by Crippen LogP contribution is 2.12. The Bertz CT molecular complexity index is 1090. The molecule has 3 aromatic heterocycles. The molecule has 0 spiro atoms.